The third-order valence-corrected chi connectivity index (χ3v) is 2.83. The third-order valence-electron chi connectivity index (χ3n) is 2.83. The van der Waals surface area contributed by atoms with Crippen molar-refractivity contribution < 1.29 is 23.0 Å². The highest BCUT2D eigenvalue weighted by Crippen LogP contribution is 2.14. The van der Waals surface area contributed by atoms with Crippen LogP contribution in [0.15, 0.2) is 18.2 Å². The Labute approximate surface area is 119 Å². The number of rotatable bonds is 5. The first-order valence-corrected chi connectivity index (χ1v) is 6.00. The fourth-order valence-electron chi connectivity index (χ4n) is 1.82. The van der Waals surface area contributed by atoms with Crippen LogP contribution in [0, 0.1) is 11.6 Å². The van der Waals surface area contributed by atoms with Crippen LogP contribution in [-0.4, -0.2) is 35.2 Å². The highest BCUT2D eigenvalue weighted by atomic mass is 19.1. The minimum absolute atomic E-state index is 0.0174. The van der Waals surface area contributed by atoms with Crippen molar-refractivity contribution in [3.05, 3.63) is 46.8 Å². The van der Waals surface area contributed by atoms with Crippen LogP contribution in [0.3, 0.4) is 0 Å². The highest BCUT2D eigenvalue weighted by molar-refractivity contribution is 5.88. The number of methoxy groups -OCH3 is 2. The summed E-state index contributed by atoms with van der Waals surface area (Å²) in [4.78, 5) is 11.6. The summed E-state index contributed by atoms with van der Waals surface area (Å²) in [7, 11) is 2.64. The summed E-state index contributed by atoms with van der Waals surface area (Å²) < 4.78 is 37.7. The normalized spacial score (nSPS) is 10.7. The lowest BCUT2D eigenvalue weighted by molar-refractivity contribution is 0.0588. The Kier molecular flexibility index (Phi) is 4.59. The number of carbonyl (C=O) groups is 1. The van der Waals surface area contributed by atoms with Crippen LogP contribution in [0.4, 0.5) is 8.78 Å². The first-order chi connectivity index (χ1) is 10.1. The lowest BCUT2D eigenvalue weighted by atomic mass is 10.2. The molecule has 0 fully saturated rings. The smallest absolute Gasteiger partial charge is 0.360 e. The molecule has 0 bridgehead atoms. The van der Waals surface area contributed by atoms with Gasteiger partial charge in [0.25, 0.3) is 0 Å². The van der Waals surface area contributed by atoms with E-state index in [0.717, 1.165) is 18.2 Å². The van der Waals surface area contributed by atoms with E-state index in [1.165, 1.54) is 18.9 Å². The number of hydrogen-bond donors (Lipinski definition) is 0. The number of halogens is 2. The Balaban J connectivity index is 2.37. The standard InChI is InChI=1S/C13H13F2N3O3/c1-20-7-11-12(13(19)21-2)16-17-18(11)6-8-5-9(14)3-4-10(8)15/h3-5H,6-7H2,1-2H3. The van der Waals surface area contributed by atoms with Crippen molar-refractivity contribution in [2.24, 2.45) is 0 Å². The van der Waals surface area contributed by atoms with E-state index in [9.17, 15) is 13.6 Å². The number of nitrogens with zero attached hydrogens (tertiary/aromatic N) is 3. The average molecular weight is 297 g/mol. The van der Waals surface area contributed by atoms with Crippen molar-refractivity contribution in [1.82, 2.24) is 15.0 Å². The molecule has 0 aliphatic heterocycles. The van der Waals surface area contributed by atoms with Gasteiger partial charge in [-0.3, -0.25) is 0 Å². The monoisotopic (exact) mass is 297 g/mol. The minimum Gasteiger partial charge on any atom is -0.464 e. The van der Waals surface area contributed by atoms with Crippen molar-refractivity contribution in [1.29, 1.82) is 0 Å². The number of carbonyl (C=O) groups excluding carboxylic acids is 1. The molecule has 0 atom stereocenters. The molecule has 2 aromatic rings. The van der Waals surface area contributed by atoms with Crippen LogP contribution in [0.1, 0.15) is 21.7 Å². The molecule has 0 unspecified atom stereocenters. The summed E-state index contributed by atoms with van der Waals surface area (Å²) in [6.45, 7) is -0.0410. The van der Waals surface area contributed by atoms with Gasteiger partial charge in [0.15, 0.2) is 5.69 Å². The average Bonchev–Trinajstić information content (AvgIpc) is 2.85. The fourth-order valence-corrected chi connectivity index (χ4v) is 1.82. The summed E-state index contributed by atoms with van der Waals surface area (Å²) in [5.74, 6) is -1.81. The molecule has 8 heteroatoms. The van der Waals surface area contributed by atoms with Crippen LogP contribution >= 0.6 is 0 Å². The molecule has 21 heavy (non-hydrogen) atoms. The molecule has 112 valence electrons. The first kappa shape index (κ1) is 15.0. The second-order valence-corrected chi connectivity index (χ2v) is 4.20. The Hall–Kier alpha value is -2.35. The van der Waals surface area contributed by atoms with Gasteiger partial charge in [-0.15, -0.1) is 5.10 Å². The Morgan fingerprint density at radius 3 is 2.76 bits per heavy atom. The van der Waals surface area contributed by atoms with Gasteiger partial charge >= 0.3 is 5.97 Å². The van der Waals surface area contributed by atoms with E-state index in [2.05, 4.69) is 15.0 Å². The molecule has 1 aromatic heterocycles. The maximum absolute atomic E-state index is 13.7. The molecular formula is C13H13F2N3O3. The third kappa shape index (κ3) is 3.22. The number of ether oxygens (including phenoxy) is 2. The predicted molar refractivity (Wildman–Crippen MR) is 67.5 cm³/mol. The maximum Gasteiger partial charge on any atom is 0.360 e. The molecule has 1 aromatic carbocycles. The second kappa shape index (κ2) is 6.40. The molecule has 0 saturated carbocycles. The lowest BCUT2D eigenvalue weighted by Crippen LogP contribution is -2.12. The topological polar surface area (TPSA) is 66.2 Å². The SMILES string of the molecule is COCc1c(C(=O)OC)nnn1Cc1cc(F)ccc1F. The molecule has 0 aliphatic carbocycles. The zero-order chi connectivity index (χ0) is 15.4. The molecule has 1 heterocycles. The lowest BCUT2D eigenvalue weighted by Gasteiger charge is -2.08. The van der Waals surface area contributed by atoms with E-state index in [4.69, 9.17) is 4.74 Å². The zero-order valence-corrected chi connectivity index (χ0v) is 11.5. The fraction of sp³-hybridized carbons (Fsp3) is 0.308. The molecule has 6 nitrogen and oxygen atoms in total. The first-order valence-electron chi connectivity index (χ1n) is 6.00. The number of esters is 1. The van der Waals surface area contributed by atoms with Crippen LogP contribution in [0.2, 0.25) is 0 Å². The second-order valence-electron chi connectivity index (χ2n) is 4.20. The van der Waals surface area contributed by atoms with Gasteiger partial charge in [0.1, 0.15) is 11.6 Å². The quantitative estimate of drug-likeness (QED) is 0.783. The van der Waals surface area contributed by atoms with Gasteiger partial charge < -0.3 is 9.47 Å². The van der Waals surface area contributed by atoms with E-state index < -0.39 is 17.6 Å². The summed E-state index contributed by atoms with van der Waals surface area (Å²) in [6.07, 6.45) is 0. The van der Waals surface area contributed by atoms with Crippen molar-refractivity contribution >= 4 is 5.97 Å². The molecule has 0 radical (unpaired) electrons. The van der Waals surface area contributed by atoms with Crippen molar-refractivity contribution in [3.63, 3.8) is 0 Å². The van der Waals surface area contributed by atoms with Gasteiger partial charge in [0, 0.05) is 12.7 Å². The number of benzene rings is 1. The van der Waals surface area contributed by atoms with Gasteiger partial charge in [-0.05, 0) is 18.2 Å². The van der Waals surface area contributed by atoms with Crippen LogP contribution in [-0.2, 0) is 22.6 Å². The minimum atomic E-state index is -0.673. The molecule has 0 N–H and O–H groups in total. The number of hydrogen-bond acceptors (Lipinski definition) is 5. The summed E-state index contributed by atoms with van der Waals surface area (Å²) in [5.41, 5.74) is 0.401. The van der Waals surface area contributed by atoms with Crippen LogP contribution in [0.25, 0.3) is 0 Å². The molecule has 0 saturated heterocycles. The van der Waals surface area contributed by atoms with Crippen molar-refractivity contribution in [2.45, 2.75) is 13.2 Å². The Morgan fingerprint density at radius 2 is 2.10 bits per heavy atom. The van der Waals surface area contributed by atoms with Crippen LogP contribution < -0.4 is 0 Å². The van der Waals surface area contributed by atoms with Crippen molar-refractivity contribution in [2.75, 3.05) is 14.2 Å². The van der Waals surface area contributed by atoms with Gasteiger partial charge in [-0.2, -0.15) is 0 Å². The van der Waals surface area contributed by atoms with E-state index in [1.54, 1.807) is 0 Å². The van der Waals surface area contributed by atoms with E-state index in [-0.39, 0.29) is 24.4 Å². The van der Waals surface area contributed by atoms with E-state index >= 15 is 0 Å². The van der Waals surface area contributed by atoms with Crippen molar-refractivity contribution in [3.8, 4) is 0 Å². The molecule has 0 spiro atoms. The molecule has 2 rings (SSSR count). The van der Waals surface area contributed by atoms with Gasteiger partial charge in [0.2, 0.25) is 0 Å². The number of aromatic nitrogens is 3. The van der Waals surface area contributed by atoms with Gasteiger partial charge in [0.05, 0.1) is 26.0 Å². The predicted octanol–water partition coefficient (Wildman–Crippen LogP) is 1.54. The summed E-state index contributed by atoms with van der Waals surface area (Å²) >= 11 is 0. The Bertz CT molecular complexity index is 658. The van der Waals surface area contributed by atoms with Crippen LogP contribution in [0.5, 0.6) is 0 Å². The zero-order valence-electron chi connectivity index (χ0n) is 11.5. The van der Waals surface area contributed by atoms with Gasteiger partial charge in [-0.1, -0.05) is 5.21 Å². The van der Waals surface area contributed by atoms with E-state index in [1.807, 2.05) is 0 Å². The summed E-state index contributed by atoms with van der Waals surface area (Å²) in [6, 6.07) is 3.11. The molecule has 0 amide bonds. The Morgan fingerprint density at radius 1 is 1.33 bits per heavy atom. The largest absolute Gasteiger partial charge is 0.464 e. The van der Waals surface area contributed by atoms with Gasteiger partial charge in [-0.25, -0.2) is 18.3 Å². The summed E-state index contributed by atoms with van der Waals surface area (Å²) in [5, 5.41) is 7.46. The maximum atomic E-state index is 13.7. The molecular weight excluding hydrogens is 284 g/mol. The highest BCUT2D eigenvalue weighted by Gasteiger charge is 2.21. The molecule has 0 aliphatic rings. The van der Waals surface area contributed by atoms with E-state index in [0.29, 0.717) is 5.69 Å².